The first-order valence-corrected chi connectivity index (χ1v) is 15.1. The zero-order valence-corrected chi connectivity index (χ0v) is 23.7. The summed E-state index contributed by atoms with van der Waals surface area (Å²) < 4.78 is 58.2. The number of ether oxygens (including phenoxy) is 3. The van der Waals surface area contributed by atoms with Crippen molar-refractivity contribution in [2.75, 3.05) is 25.3 Å². The number of nitrogens with two attached hydrogens (primary N) is 1. The molecule has 2 aromatic heterocycles. The van der Waals surface area contributed by atoms with E-state index in [1.807, 2.05) is 0 Å². The van der Waals surface area contributed by atoms with Crippen molar-refractivity contribution in [3.8, 4) is 0 Å². The van der Waals surface area contributed by atoms with E-state index in [0.717, 1.165) is 25.7 Å². The Bertz CT molecular complexity index is 1560. The van der Waals surface area contributed by atoms with Crippen LogP contribution in [0.4, 0.5) is 10.3 Å². The van der Waals surface area contributed by atoms with Crippen molar-refractivity contribution in [3.63, 3.8) is 0 Å². The molecular formula is C27H33FN5O7P. The Labute approximate surface area is 235 Å². The molecule has 220 valence electrons. The van der Waals surface area contributed by atoms with Crippen LogP contribution in [0.25, 0.3) is 11.2 Å². The zero-order valence-electron chi connectivity index (χ0n) is 22.8. The molecule has 2 aliphatic rings. The quantitative estimate of drug-likeness (QED) is 0.221. The van der Waals surface area contributed by atoms with Gasteiger partial charge in [0.2, 0.25) is 5.95 Å². The van der Waals surface area contributed by atoms with E-state index in [1.54, 1.807) is 23.6 Å². The maximum absolute atomic E-state index is 14.1. The molecular weight excluding hydrogens is 556 g/mol. The van der Waals surface area contributed by atoms with Crippen LogP contribution < -0.4 is 11.3 Å². The maximum atomic E-state index is 14.1. The predicted molar refractivity (Wildman–Crippen MR) is 148 cm³/mol. The number of rotatable bonds is 12. The third-order valence-electron chi connectivity index (χ3n) is 6.99. The lowest BCUT2D eigenvalue weighted by molar-refractivity contribution is 0.114. The highest BCUT2D eigenvalue weighted by molar-refractivity contribution is 7.53. The highest BCUT2D eigenvalue weighted by atomic mass is 31.2. The third-order valence-corrected chi connectivity index (χ3v) is 8.53. The second-order valence-electron chi connectivity index (χ2n) is 10.0. The number of H-pyrrole nitrogens is 1. The highest BCUT2D eigenvalue weighted by Crippen LogP contribution is 2.50. The number of nitrogens with one attached hydrogen (secondary N) is 1. The number of halogens is 1. The van der Waals surface area contributed by atoms with E-state index >= 15 is 0 Å². The SMILES string of the molecule is C=C1OC(COP(=O)(COCCn2cnc3c(=O)[nH]c(N)nc32)OCc2ccc(C)c(F)c2)=C(C2CCCCC2)O1. The molecule has 1 unspecified atom stereocenters. The molecule has 0 saturated heterocycles. The monoisotopic (exact) mass is 589 g/mol. The number of imidazole rings is 1. The first-order valence-electron chi connectivity index (χ1n) is 13.4. The van der Waals surface area contributed by atoms with Crippen molar-refractivity contribution < 1.29 is 32.2 Å². The number of fused-ring (bicyclic) bond motifs is 1. The van der Waals surface area contributed by atoms with Gasteiger partial charge in [-0.05, 0) is 43.5 Å². The van der Waals surface area contributed by atoms with Crippen LogP contribution in [0.2, 0.25) is 0 Å². The summed E-state index contributed by atoms with van der Waals surface area (Å²) in [5, 5.41) is 0. The van der Waals surface area contributed by atoms with E-state index in [-0.39, 0.29) is 49.7 Å². The topological polar surface area (TPSA) is 153 Å². The number of allylic oxidation sites excluding steroid dienone is 1. The van der Waals surface area contributed by atoms with Gasteiger partial charge in [0.05, 0.1) is 19.5 Å². The molecule has 5 rings (SSSR count). The Balaban J connectivity index is 1.26. The summed E-state index contributed by atoms with van der Waals surface area (Å²) in [6.45, 7) is 5.39. The molecule has 3 aromatic rings. The van der Waals surface area contributed by atoms with Gasteiger partial charge in [-0.25, -0.2) is 9.37 Å². The van der Waals surface area contributed by atoms with Crippen LogP contribution in [-0.2, 0) is 41.0 Å². The van der Waals surface area contributed by atoms with Crippen LogP contribution in [0.1, 0.15) is 43.2 Å². The molecule has 1 aliphatic carbocycles. The molecule has 1 saturated carbocycles. The summed E-state index contributed by atoms with van der Waals surface area (Å²) in [5.74, 6) is 0.950. The first-order chi connectivity index (χ1) is 19.7. The van der Waals surface area contributed by atoms with Crippen molar-refractivity contribution in [2.45, 2.75) is 52.2 Å². The maximum Gasteiger partial charge on any atom is 0.356 e. The van der Waals surface area contributed by atoms with Crippen molar-refractivity contribution in [2.24, 2.45) is 5.92 Å². The molecule has 12 nitrogen and oxygen atoms in total. The average molecular weight is 590 g/mol. The molecule has 0 spiro atoms. The van der Waals surface area contributed by atoms with Crippen LogP contribution in [0, 0.1) is 18.7 Å². The summed E-state index contributed by atoms with van der Waals surface area (Å²) >= 11 is 0. The van der Waals surface area contributed by atoms with Crippen LogP contribution >= 0.6 is 7.60 Å². The second kappa shape index (κ2) is 12.6. The van der Waals surface area contributed by atoms with Crippen molar-refractivity contribution >= 4 is 24.7 Å². The molecule has 1 atom stereocenters. The van der Waals surface area contributed by atoms with Crippen molar-refractivity contribution in [1.29, 1.82) is 0 Å². The Morgan fingerprint density at radius 3 is 2.78 bits per heavy atom. The van der Waals surface area contributed by atoms with Gasteiger partial charge in [-0.1, -0.05) is 31.4 Å². The molecule has 3 heterocycles. The molecule has 0 bridgehead atoms. The zero-order chi connectivity index (χ0) is 29.0. The van der Waals surface area contributed by atoms with Crippen molar-refractivity contribution in [3.05, 3.63) is 75.9 Å². The lowest BCUT2D eigenvalue weighted by atomic mass is 9.87. The standard InChI is InChI=1S/C27H33FN5O7P/c1-17-8-9-19(12-21(17)28)13-37-41(35,38-14-22-24(40-18(2)39-22)20-6-4-3-5-7-20)16-36-11-10-33-15-30-23-25(33)31-27(29)32-26(23)34/h8-9,12,15,20H,2-7,10-11,13-14,16H2,1H3,(H3,29,31,32,34). The number of anilines is 1. The molecule has 0 amide bonds. The highest BCUT2D eigenvalue weighted by Gasteiger charge is 2.33. The average Bonchev–Trinajstić information content (AvgIpc) is 3.54. The second-order valence-corrected chi connectivity index (χ2v) is 12.0. The lowest BCUT2D eigenvalue weighted by Gasteiger charge is -2.22. The number of nitrogens with zero attached hydrogens (tertiary/aromatic N) is 3. The van der Waals surface area contributed by atoms with Gasteiger partial charge >= 0.3 is 7.60 Å². The lowest BCUT2D eigenvalue weighted by Crippen LogP contribution is -2.14. The first kappa shape index (κ1) is 29.0. The number of nitrogen functional groups attached to an aromatic ring is 1. The third kappa shape index (κ3) is 7.05. The fourth-order valence-electron chi connectivity index (χ4n) is 4.81. The molecule has 1 fully saturated rings. The minimum absolute atomic E-state index is 0.0355. The Morgan fingerprint density at radius 1 is 1.22 bits per heavy atom. The fraction of sp³-hybridized carbons (Fsp3) is 0.444. The minimum Gasteiger partial charge on any atom is -0.427 e. The van der Waals surface area contributed by atoms with Gasteiger partial charge in [0, 0.05) is 12.5 Å². The minimum atomic E-state index is -3.88. The Kier molecular flexibility index (Phi) is 8.88. The van der Waals surface area contributed by atoms with Gasteiger partial charge in [0.15, 0.2) is 22.7 Å². The van der Waals surface area contributed by atoms with Crippen molar-refractivity contribution in [1.82, 2.24) is 19.5 Å². The molecule has 0 radical (unpaired) electrons. The van der Waals surface area contributed by atoms with Crippen LogP contribution in [0.5, 0.6) is 0 Å². The number of hydrogen-bond donors (Lipinski definition) is 2. The number of aromatic nitrogens is 4. The van der Waals surface area contributed by atoms with Gasteiger partial charge in [-0.15, -0.1) is 0 Å². The van der Waals surface area contributed by atoms with E-state index < -0.39 is 25.3 Å². The summed E-state index contributed by atoms with van der Waals surface area (Å²) in [4.78, 5) is 22.6. The van der Waals surface area contributed by atoms with Crippen LogP contribution in [0.3, 0.4) is 0 Å². The fourth-order valence-corrected chi connectivity index (χ4v) is 6.04. The van der Waals surface area contributed by atoms with Gasteiger partial charge in [-0.3, -0.25) is 18.9 Å². The van der Waals surface area contributed by atoms with Crippen LogP contribution in [-0.4, -0.2) is 39.1 Å². The van der Waals surface area contributed by atoms with E-state index in [9.17, 15) is 13.8 Å². The summed E-state index contributed by atoms with van der Waals surface area (Å²) in [6, 6.07) is 4.64. The Morgan fingerprint density at radius 2 is 2.00 bits per heavy atom. The molecule has 1 aliphatic heterocycles. The van der Waals surface area contributed by atoms with E-state index in [0.29, 0.717) is 28.3 Å². The summed E-state index contributed by atoms with van der Waals surface area (Å²) in [7, 11) is -3.88. The van der Waals surface area contributed by atoms with Crippen LogP contribution in [0.15, 0.2) is 53.4 Å². The van der Waals surface area contributed by atoms with Gasteiger partial charge in [-0.2, -0.15) is 4.98 Å². The number of hydrogen-bond acceptors (Lipinski definition) is 10. The van der Waals surface area contributed by atoms with E-state index in [1.165, 1.54) is 18.8 Å². The summed E-state index contributed by atoms with van der Waals surface area (Å²) in [6.07, 6.45) is 6.32. The predicted octanol–water partition coefficient (Wildman–Crippen LogP) is 4.86. The number of benzene rings is 1. The Hall–Kier alpha value is -3.51. The molecule has 1 aromatic carbocycles. The van der Waals surface area contributed by atoms with Gasteiger partial charge in [0.1, 0.15) is 18.8 Å². The van der Waals surface area contributed by atoms with Gasteiger partial charge < -0.3 is 29.0 Å². The molecule has 41 heavy (non-hydrogen) atoms. The molecule has 3 N–H and O–H groups in total. The largest absolute Gasteiger partial charge is 0.427 e. The number of aromatic amines is 1. The summed E-state index contributed by atoms with van der Waals surface area (Å²) in [5.41, 5.74) is 6.63. The molecule has 14 heteroatoms. The van der Waals surface area contributed by atoms with Gasteiger partial charge in [0.25, 0.3) is 11.5 Å². The smallest absolute Gasteiger partial charge is 0.356 e. The normalized spacial score (nSPS) is 17.6. The number of aryl methyl sites for hydroxylation is 1. The van der Waals surface area contributed by atoms with E-state index in [4.69, 9.17) is 29.0 Å². The van der Waals surface area contributed by atoms with E-state index in [2.05, 4.69) is 21.5 Å².